The van der Waals surface area contributed by atoms with E-state index >= 15 is 0 Å². The van der Waals surface area contributed by atoms with Crippen LogP contribution < -0.4 is 15.0 Å². The maximum atomic E-state index is 6.57. The van der Waals surface area contributed by atoms with Crippen LogP contribution in [-0.2, 0) is 13.2 Å². The molecule has 1 saturated heterocycles. The third kappa shape index (κ3) is 5.45. The van der Waals surface area contributed by atoms with Gasteiger partial charge in [0.2, 0.25) is 0 Å². The number of halogens is 1. The number of piperidine rings is 1. The van der Waals surface area contributed by atoms with Crippen LogP contribution in [0.5, 0.6) is 5.75 Å². The third-order valence-corrected chi connectivity index (χ3v) is 5.59. The van der Waals surface area contributed by atoms with E-state index in [1.54, 1.807) is 0 Å². The zero-order valence-corrected chi connectivity index (χ0v) is 17.4. The number of nitrogens with zero attached hydrogens (tertiary/aromatic N) is 1. The molecule has 1 heterocycles. The molecule has 0 radical (unpaired) electrons. The Morgan fingerprint density at radius 2 is 1.62 bits per heavy atom. The Kier molecular flexibility index (Phi) is 6.58. The standard InChI is InChI=1S/C25H27ClN2O/c26-24-17-22(12-13-25(24)28-14-5-2-6-15-28)27-18-21-10-7-11-23(16-21)29-19-20-8-3-1-4-9-20/h1,3-4,7-13,16-17,27H,2,5-6,14-15,18-19H2. The van der Waals surface area contributed by atoms with E-state index in [0.717, 1.165) is 41.8 Å². The smallest absolute Gasteiger partial charge is 0.120 e. The average molecular weight is 407 g/mol. The summed E-state index contributed by atoms with van der Waals surface area (Å²) in [7, 11) is 0. The first-order valence-corrected chi connectivity index (χ1v) is 10.7. The van der Waals surface area contributed by atoms with Gasteiger partial charge in [-0.3, -0.25) is 0 Å². The maximum Gasteiger partial charge on any atom is 0.120 e. The Morgan fingerprint density at radius 1 is 0.828 bits per heavy atom. The highest BCUT2D eigenvalue weighted by Crippen LogP contribution is 2.31. The topological polar surface area (TPSA) is 24.5 Å². The van der Waals surface area contributed by atoms with Gasteiger partial charge in [0.1, 0.15) is 12.4 Å². The molecule has 1 N–H and O–H groups in total. The molecule has 0 aromatic heterocycles. The van der Waals surface area contributed by atoms with Gasteiger partial charge in [-0.25, -0.2) is 0 Å². The van der Waals surface area contributed by atoms with Gasteiger partial charge >= 0.3 is 0 Å². The fraction of sp³-hybridized carbons (Fsp3) is 0.280. The predicted molar refractivity (Wildman–Crippen MR) is 122 cm³/mol. The summed E-state index contributed by atoms with van der Waals surface area (Å²) in [5, 5.41) is 4.29. The van der Waals surface area contributed by atoms with Crippen LogP contribution in [0.2, 0.25) is 5.02 Å². The Labute approximate surface area is 178 Å². The van der Waals surface area contributed by atoms with Gasteiger partial charge in [-0.05, 0) is 60.7 Å². The van der Waals surface area contributed by atoms with Crippen LogP contribution in [-0.4, -0.2) is 13.1 Å². The monoisotopic (exact) mass is 406 g/mol. The Bertz CT molecular complexity index is 923. The second kappa shape index (κ2) is 9.71. The van der Waals surface area contributed by atoms with Gasteiger partial charge in [-0.1, -0.05) is 54.1 Å². The van der Waals surface area contributed by atoms with Gasteiger partial charge in [0.15, 0.2) is 0 Å². The van der Waals surface area contributed by atoms with Crippen molar-refractivity contribution in [2.24, 2.45) is 0 Å². The molecule has 4 rings (SSSR count). The molecule has 0 spiro atoms. The van der Waals surface area contributed by atoms with Gasteiger partial charge in [0.25, 0.3) is 0 Å². The van der Waals surface area contributed by atoms with Crippen molar-refractivity contribution in [1.82, 2.24) is 0 Å². The van der Waals surface area contributed by atoms with Crippen molar-refractivity contribution in [2.45, 2.75) is 32.4 Å². The van der Waals surface area contributed by atoms with Gasteiger partial charge in [0, 0.05) is 25.3 Å². The summed E-state index contributed by atoms with van der Waals surface area (Å²) < 4.78 is 5.93. The number of anilines is 2. The van der Waals surface area contributed by atoms with Gasteiger partial charge in [0.05, 0.1) is 10.7 Å². The summed E-state index contributed by atoms with van der Waals surface area (Å²) >= 11 is 6.57. The summed E-state index contributed by atoms with van der Waals surface area (Å²) in [6.45, 7) is 3.50. The minimum Gasteiger partial charge on any atom is -0.489 e. The van der Waals surface area contributed by atoms with Crippen LogP contribution >= 0.6 is 11.6 Å². The van der Waals surface area contributed by atoms with Crippen molar-refractivity contribution in [1.29, 1.82) is 0 Å². The minimum absolute atomic E-state index is 0.575. The first-order valence-electron chi connectivity index (χ1n) is 10.3. The van der Waals surface area contributed by atoms with E-state index in [1.807, 2.05) is 36.4 Å². The van der Waals surface area contributed by atoms with E-state index in [1.165, 1.54) is 30.4 Å². The molecular formula is C25H27ClN2O. The quantitative estimate of drug-likeness (QED) is 0.483. The molecule has 29 heavy (non-hydrogen) atoms. The first kappa shape index (κ1) is 19.7. The largest absolute Gasteiger partial charge is 0.489 e. The van der Waals surface area contributed by atoms with E-state index < -0.39 is 0 Å². The van der Waals surface area contributed by atoms with Gasteiger partial charge in [-0.2, -0.15) is 0 Å². The van der Waals surface area contributed by atoms with E-state index in [4.69, 9.17) is 16.3 Å². The number of hydrogen-bond acceptors (Lipinski definition) is 3. The van der Waals surface area contributed by atoms with E-state index in [0.29, 0.717) is 6.61 Å². The maximum absolute atomic E-state index is 6.57. The molecule has 3 aromatic carbocycles. The number of hydrogen-bond donors (Lipinski definition) is 1. The SMILES string of the molecule is Clc1cc(NCc2cccc(OCc3ccccc3)c2)ccc1N1CCCCC1. The second-order valence-corrected chi connectivity index (χ2v) is 7.90. The summed E-state index contributed by atoms with van der Waals surface area (Å²) in [6, 6.07) is 24.7. The molecule has 0 atom stereocenters. The lowest BCUT2D eigenvalue weighted by atomic mass is 10.1. The normalized spacial score (nSPS) is 13.9. The van der Waals surface area contributed by atoms with Crippen LogP contribution in [0.1, 0.15) is 30.4 Å². The van der Waals surface area contributed by atoms with Crippen LogP contribution in [0.15, 0.2) is 72.8 Å². The first-order chi connectivity index (χ1) is 14.3. The highest BCUT2D eigenvalue weighted by molar-refractivity contribution is 6.33. The highest BCUT2D eigenvalue weighted by atomic mass is 35.5. The van der Waals surface area contributed by atoms with Crippen molar-refractivity contribution in [2.75, 3.05) is 23.3 Å². The Morgan fingerprint density at radius 3 is 2.41 bits per heavy atom. The molecule has 1 aliphatic heterocycles. The van der Waals surface area contributed by atoms with Crippen molar-refractivity contribution < 1.29 is 4.74 Å². The molecule has 1 aliphatic rings. The van der Waals surface area contributed by atoms with E-state index in [-0.39, 0.29) is 0 Å². The molecule has 0 amide bonds. The number of rotatable bonds is 7. The van der Waals surface area contributed by atoms with E-state index in [9.17, 15) is 0 Å². The summed E-state index contributed by atoms with van der Waals surface area (Å²) in [4.78, 5) is 2.39. The second-order valence-electron chi connectivity index (χ2n) is 7.49. The van der Waals surface area contributed by atoms with Crippen molar-refractivity contribution in [3.63, 3.8) is 0 Å². The van der Waals surface area contributed by atoms with Crippen molar-refractivity contribution in [3.05, 3.63) is 88.9 Å². The lowest BCUT2D eigenvalue weighted by Crippen LogP contribution is -2.29. The minimum atomic E-state index is 0.575. The van der Waals surface area contributed by atoms with Gasteiger partial charge < -0.3 is 15.0 Å². The number of nitrogens with one attached hydrogen (secondary N) is 1. The predicted octanol–water partition coefficient (Wildman–Crippen LogP) is 6.52. The molecule has 3 nitrogen and oxygen atoms in total. The lowest BCUT2D eigenvalue weighted by Gasteiger charge is -2.29. The fourth-order valence-corrected chi connectivity index (χ4v) is 4.00. The molecule has 1 fully saturated rings. The summed E-state index contributed by atoms with van der Waals surface area (Å²) in [5.74, 6) is 0.881. The zero-order chi connectivity index (χ0) is 19.9. The van der Waals surface area contributed by atoms with Crippen LogP contribution in [0.4, 0.5) is 11.4 Å². The van der Waals surface area contributed by atoms with Crippen LogP contribution in [0.25, 0.3) is 0 Å². The third-order valence-electron chi connectivity index (χ3n) is 5.29. The average Bonchev–Trinajstić information content (AvgIpc) is 2.78. The number of ether oxygens (including phenoxy) is 1. The molecule has 150 valence electrons. The Hall–Kier alpha value is -2.65. The molecular weight excluding hydrogens is 380 g/mol. The zero-order valence-electron chi connectivity index (χ0n) is 16.6. The molecule has 3 aromatic rings. The molecule has 0 saturated carbocycles. The molecule has 0 bridgehead atoms. The van der Waals surface area contributed by atoms with Crippen LogP contribution in [0, 0.1) is 0 Å². The Balaban J connectivity index is 1.34. The van der Waals surface area contributed by atoms with Crippen molar-refractivity contribution >= 4 is 23.0 Å². The van der Waals surface area contributed by atoms with Crippen molar-refractivity contribution in [3.8, 4) is 5.75 Å². The summed E-state index contributed by atoms with van der Waals surface area (Å²) in [5.41, 5.74) is 4.52. The van der Waals surface area contributed by atoms with E-state index in [2.05, 4.69) is 46.6 Å². The summed E-state index contributed by atoms with van der Waals surface area (Å²) in [6.07, 6.45) is 3.82. The fourth-order valence-electron chi connectivity index (χ4n) is 3.70. The van der Waals surface area contributed by atoms with Gasteiger partial charge in [-0.15, -0.1) is 0 Å². The van der Waals surface area contributed by atoms with Crippen LogP contribution in [0.3, 0.4) is 0 Å². The molecule has 0 unspecified atom stereocenters. The molecule has 4 heteroatoms. The molecule has 0 aliphatic carbocycles. The lowest BCUT2D eigenvalue weighted by molar-refractivity contribution is 0.306. The number of benzene rings is 3. The highest BCUT2D eigenvalue weighted by Gasteiger charge is 2.14.